The fourth-order valence-electron chi connectivity index (χ4n) is 1.65. The van der Waals surface area contributed by atoms with Crippen LogP contribution in [-0.2, 0) is 9.53 Å². The number of aromatic nitrogens is 2. The van der Waals surface area contributed by atoms with Crippen molar-refractivity contribution < 1.29 is 42.0 Å². The summed E-state index contributed by atoms with van der Waals surface area (Å²) in [5, 5.41) is 9.92. The molecule has 0 amide bonds. The van der Waals surface area contributed by atoms with Gasteiger partial charge in [0.15, 0.2) is 0 Å². The standard InChI is InChI=1S/C15H21F3N2O6/c1-13(2,3)26-11(21)10(14(4,22)15(16,17)18)25-12-19-8(23-5)7-9(20-12)24-6/h7,10,22H,1-6H3. The van der Waals surface area contributed by atoms with Crippen molar-refractivity contribution >= 4 is 5.97 Å². The molecule has 1 rings (SSSR count). The molecule has 1 aromatic heterocycles. The summed E-state index contributed by atoms with van der Waals surface area (Å²) < 4.78 is 59.3. The van der Waals surface area contributed by atoms with Crippen molar-refractivity contribution in [2.24, 2.45) is 0 Å². The normalized spacial score (nSPS) is 15.6. The predicted octanol–water partition coefficient (Wildman–Crippen LogP) is 1.90. The minimum absolute atomic E-state index is 0.0820. The zero-order chi connectivity index (χ0) is 20.3. The van der Waals surface area contributed by atoms with Gasteiger partial charge in [0.2, 0.25) is 23.5 Å². The lowest BCUT2D eigenvalue weighted by Crippen LogP contribution is -2.59. The molecule has 26 heavy (non-hydrogen) atoms. The number of alkyl halides is 3. The first-order valence-electron chi connectivity index (χ1n) is 7.37. The van der Waals surface area contributed by atoms with Crippen LogP contribution >= 0.6 is 0 Å². The predicted molar refractivity (Wildman–Crippen MR) is 82.1 cm³/mol. The van der Waals surface area contributed by atoms with Gasteiger partial charge in [0, 0.05) is 0 Å². The molecule has 0 bridgehead atoms. The van der Waals surface area contributed by atoms with E-state index in [0.717, 1.165) is 0 Å². The van der Waals surface area contributed by atoms with Gasteiger partial charge in [-0.1, -0.05) is 0 Å². The maximum atomic E-state index is 13.2. The summed E-state index contributed by atoms with van der Waals surface area (Å²) in [6.45, 7) is 4.75. The largest absolute Gasteiger partial charge is 0.481 e. The fourth-order valence-corrected chi connectivity index (χ4v) is 1.65. The molecule has 1 aromatic rings. The van der Waals surface area contributed by atoms with Crippen molar-refractivity contribution in [3.05, 3.63) is 6.07 Å². The number of halogens is 3. The second-order valence-electron chi connectivity index (χ2n) is 6.41. The Bertz CT molecular complexity index is 621. The fraction of sp³-hybridized carbons (Fsp3) is 0.667. The Kier molecular flexibility index (Phi) is 6.29. The highest BCUT2D eigenvalue weighted by Crippen LogP contribution is 2.35. The van der Waals surface area contributed by atoms with Gasteiger partial charge in [-0.2, -0.15) is 23.1 Å². The van der Waals surface area contributed by atoms with Gasteiger partial charge in [-0.25, -0.2) is 4.79 Å². The van der Waals surface area contributed by atoms with E-state index in [1.165, 1.54) is 41.1 Å². The Labute approximate surface area is 148 Å². The van der Waals surface area contributed by atoms with E-state index in [2.05, 4.69) is 9.97 Å². The molecule has 2 atom stereocenters. The molecule has 148 valence electrons. The Morgan fingerprint density at radius 3 is 1.88 bits per heavy atom. The van der Waals surface area contributed by atoms with E-state index in [9.17, 15) is 23.1 Å². The molecular formula is C15H21F3N2O6. The first-order valence-corrected chi connectivity index (χ1v) is 7.37. The summed E-state index contributed by atoms with van der Waals surface area (Å²) in [4.78, 5) is 19.6. The Hall–Kier alpha value is -2.30. The van der Waals surface area contributed by atoms with E-state index in [-0.39, 0.29) is 11.8 Å². The number of carbonyl (C=O) groups is 1. The van der Waals surface area contributed by atoms with Crippen molar-refractivity contribution in [2.75, 3.05) is 14.2 Å². The minimum Gasteiger partial charge on any atom is -0.481 e. The number of carbonyl (C=O) groups excluding carboxylic acids is 1. The van der Waals surface area contributed by atoms with Gasteiger partial charge in [-0.3, -0.25) is 0 Å². The van der Waals surface area contributed by atoms with Crippen LogP contribution < -0.4 is 14.2 Å². The van der Waals surface area contributed by atoms with Crippen molar-refractivity contribution in [1.29, 1.82) is 0 Å². The van der Waals surface area contributed by atoms with Crippen LogP contribution in [0.2, 0.25) is 0 Å². The van der Waals surface area contributed by atoms with E-state index in [1.807, 2.05) is 0 Å². The minimum atomic E-state index is -5.20. The number of aliphatic hydroxyl groups is 1. The number of nitrogens with zero attached hydrogens (tertiary/aromatic N) is 2. The van der Waals surface area contributed by atoms with Crippen LogP contribution in [0.25, 0.3) is 0 Å². The zero-order valence-electron chi connectivity index (χ0n) is 15.2. The van der Waals surface area contributed by atoms with Gasteiger partial charge in [-0.05, 0) is 27.7 Å². The van der Waals surface area contributed by atoms with Crippen LogP contribution in [0.1, 0.15) is 27.7 Å². The summed E-state index contributed by atoms with van der Waals surface area (Å²) in [7, 11) is 2.51. The van der Waals surface area contributed by atoms with E-state index in [0.29, 0.717) is 6.92 Å². The van der Waals surface area contributed by atoms with Crippen LogP contribution in [0, 0.1) is 0 Å². The van der Waals surface area contributed by atoms with E-state index >= 15 is 0 Å². The second-order valence-corrected chi connectivity index (χ2v) is 6.41. The summed E-state index contributed by atoms with van der Waals surface area (Å²) in [6.07, 6.45) is -7.68. The molecule has 0 aliphatic rings. The van der Waals surface area contributed by atoms with E-state index < -0.39 is 35.5 Å². The number of ether oxygens (including phenoxy) is 4. The van der Waals surface area contributed by atoms with Gasteiger partial charge >= 0.3 is 18.2 Å². The number of hydrogen-bond donors (Lipinski definition) is 1. The topological polar surface area (TPSA) is 100 Å². The van der Waals surface area contributed by atoms with Crippen LogP contribution in [0.5, 0.6) is 17.8 Å². The summed E-state index contributed by atoms with van der Waals surface area (Å²) in [5.74, 6) is -1.60. The molecule has 0 aromatic carbocycles. The highest BCUT2D eigenvalue weighted by Gasteiger charge is 2.60. The number of hydrogen-bond acceptors (Lipinski definition) is 8. The van der Waals surface area contributed by atoms with Crippen LogP contribution in [0.15, 0.2) is 6.07 Å². The Morgan fingerprint density at radius 1 is 1.08 bits per heavy atom. The molecule has 1 heterocycles. The summed E-state index contributed by atoms with van der Waals surface area (Å²) >= 11 is 0. The summed E-state index contributed by atoms with van der Waals surface area (Å²) in [6, 6.07) is 0.582. The zero-order valence-corrected chi connectivity index (χ0v) is 15.2. The maximum Gasteiger partial charge on any atom is 0.421 e. The lowest BCUT2D eigenvalue weighted by atomic mass is 9.98. The van der Waals surface area contributed by atoms with Gasteiger partial charge in [-0.15, -0.1) is 0 Å². The number of esters is 1. The van der Waals surface area contributed by atoms with Crippen molar-refractivity contribution in [3.63, 3.8) is 0 Å². The molecule has 0 saturated heterocycles. The molecule has 11 heteroatoms. The lowest BCUT2D eigenvalue weighted by Gasteiger charge is -2.34. The average Bonchev–Trinajstić information content (AvgIpc) is 2.49. The van der Waals surface area contributed by atoms with Crippen molar-refractivity contribution in [2.45, 2.75) is 51.2 Å². The Balaban J connectivity index is 3.32. The van der Waals surface area contributed by atoms with Gasteiger partial charge in [0.1, 0.15) is 5.60 Å². The van der Waals surface area contributed by atoms with E-state index in [4.69, 9.17) is 18.9 Å². The molecule has 0 aliphatic carbocycles. The third kappa shape index (κ3) is 5.35. The highest BCUT2D eigenvalue weighted by molar-refractivity contribution is 5.77. The monoisotopic (exact) mass is 382 g/mol. The molecule has 0 spiro atoms. The number of methoxy groups -OCH3 is 2. The smallest absolute Gasteiger partial charge is 0.421 e. The second kappa shape index (κ2) is 7.52. The highest BCUT2D eigenvalue weighted by atomic mass is 19.4. The van der Waals surface area contributed by atoms with Gasteiger partial charge < -0.3 is 24.1 Å². The SMILES string of the molecule is COc1cc(OC)nc(OC(C(=O)OC(C)(C)C)C(C)(O)C(F)(F)F)n1. The average molecular weight is 382 g/mol. The Morgan fingerprint density at radius 2 is 1.54 bits per heavy atom. The molecule has 0 fully saturated rings. The molecule has 1 N–H and O–H groups in total. The van der Waals surface area contributed by atoms with Crippen LogP contribution in [0.3, 0.4) is 0 Å². The van der Waals surface area contributed by atoms with E-state index in [1.54, 1.807) is 0 Å². The van der Waals surface area contributed by atoms with Crippen molar-refractivity contribution in [3.8, 4) is 17.8 Å². The van der Waals surface area contributed by atoms with Gasteiger partial charge in [0.05, 0.1) is 20.3 Å². The first-order chi connectivity index (χ1) is 11.7. The third-order valence-electron chi connectivity index (χ3n) is 3.01. The van der Waals surface area contributed by atoms with Crippen molar-refractivity contribution in [1.82, 2.24) is 9.97 Å². The summed E-state index contributed by atoms with van der Waals surface area (Å²) in [5.41, 5.74) is -4.69. The first kappa shape index (κ1) is 21.7. The lowest BCUT2D eigenvalue weighted by molar-refractivity contribution is -0.280. The maximum absolute atomic E-state index is 13.2. The molecular weight excluding hydrogens is 361 g/mol. The van der Waals surface area contributed by atoms with Gasteiger partial charge in [0.25, 0.3) is 0 Å². The molecule has 0 saturated carbocycles. The number of rotatable bonds is 6. The molecule has 0 aliphatic heterocycles. The molecule has 8 nitrogen and oxygen atoms in total. The van der Waals surface area contributed by atoms with Crippen LogP contribution in [-0.4, -0.2) is 58.7 Å². The third-order valence-corrected chi connectivity index (χ3v) is 3.01. The van der Waals surface area contributed by atoms with Crippen LogP contribution in [0.4, 0.5) is 13.2 Å². The quantitative estimate of drug-likeness (QED) is 0.745. The molecule has 2 unspecified atom stereocenters. The molecule has 0 radical (unpaired) electrons.